The Hall–Kier alpha value is -3.80. The van der Waals surface area contributed by atoms with Crippen molar-refractivity contribution in [3.63, 3.8) is 0 Å². The topological polar surface area (TPSA) is 76.1 Å². The molecule has 36 heavy (non-hydrogen) atoms. The van der Waals surface area contributed by atoms with Gasteiger partial charge in [0.15, 0.2) is 0 Å². The molecular weight excluding hydrogens is 454 g/mol. The lowest BCUT2D eigenvalue weighted by atomic mass is 10.1. The zero-order chi connectivity index (χ0) is 25.8. The van der Waals surface area contributed by atoms with E-state index < -0.39 is 5.97 Å². The number of carboxylic acid groups (broad SMARTS) is 1. The first-order chi connectivity index (χ1) is 17.4. The quantitative estimate of drug-likeness (QED) is 0.319. The number of hydrogen-bond acceptors (Lipinski definition) is 4. The van der Waals surface area contributed by atoms with Gasteiger partial charge in [0, 0.05) is 13.6 Å². The Morgan fingerprint density at radius 2 is 1.33 bits per heavy atom. The first-order valence-electron chi connectivity index (χ1n) is 12.3. The molecule has 0 atom stereocenters. The van der Waals surface area contributed by atoms with Gasteiger partial charge in [-0.2, -0.15) is 0 Å². The Morgan fingerprint density at radius 1 is 0.778 bits per heavy atom. The number of unbranched alkanes of at least 4 members (excludes halogenated alkanes) is 1. The highest BCUT2D eigenvalue weighted by atomic mass is 16.5. The fourth-order valence-corrected chi connectivity index (χ4v) is 3.76. The fraction of sp³-hybridized carbons (Fsp3) is 0.333. The average molecular weight is 490 g/mol. The molecule has 0 saturated carbocycles. The molecule has 0 spiro atoms. The van der Waals surface area contributed by atoms with Crippen LogP contribution in [0.1, 0.15) is 35.1 Å². The lowest BCUT2D eigenvalue weighted by molar-refractivity contribution is -0.136. The van der Waals surface area contributed by atoms with Crippen molar-refractivity contribution in [1.29, 1.82) is 0 Å². The molecule has 6 nitrogen and oxygen atoms in total. The molecule has 190 valence electrons. The van der Waals surface area contributed by atoms with E-state index in [2.05, 4.69) is 31.2 Å². The minimum atomic E-state index is -0.844. The second kappa shape index (κ2) is 13.9. The standard InChI is InChI=1S/C30H35NO5/c1-23-6-5-7-24(20-23)16-17-31(2)29(32)21-25-8-12-27(13-9-25)35-18-3-4-19-36-28-14-10-26(11-15-28)22-30(33)34/h5-15,20H,3-4,16-19,21-22H2,1-2H3,(H,33,34). The van der Waals surface area contributed by atoms with E-state index in [4.69, 9.17) is 14.6 Å². The van der Waals surface area contributed by atoms with Crippen LogP contribution in [0.2, 0.25) is 0 Å². The third kappa shape index (κ3) is 9.45. The molecule has 3 aromatic carbocycles. The minimum absolute atomic E-state index is 0.0144. The number of carboxylic acids is 1. The molecule has 3 rings (SSSR count). The minimum Gasteiger partial charge on any atom is -0.494 e. The highest BCUT2D eigenvalue weighted by molar-refractivity contribution is 5.78. The van der Waals surface area contributed by atoms with E-state index in [1.54, 1.807) is 29.2 Å². The number of aliphatic carboxylic acids is 1. The highest BCUT2D eigenvalue weighted by Gasteiger charge is 2.10. The van der Waals surface area contributed by atoms with Crippen LogP contribution in [0.5, 0.6) is 11.5 Å². The zero-order valence-corrected chi connectivity index (χ0v) is 21.1. The number of aryl methyl sites for hydroxylation is 1. The summed E-state index contributed by atoms with van der Waals surface area (Å²) in [7, 11) is 1.85. The third-order valence-corrected chi connectivity index (χ3v) is 5.88. The van der Waals surface area contributed by atoms with Crippen molar-refractivity contribution in [2.75, 3.05) is 26.8 Å². The third-order valence-electron chi connectivity index (χ3n) is 5.88. The summed E-state index contributed by atoms with van der Waals surface area (Å²) < 4.78 is 11.5. The summed E-state index contributed by atoms with van der Waals surface area (Å²) >= 11 is 0. The second-order valence-corrected chi connectivity index (χ2v) is 8.99. The molecule has 0 bridgehead atoms. The van der Waals surface area contributed by atoms with Crippen LogP contribution in [0.4, 0.5) is 0 Å². The highest BCUT2D eigenvalue weighted by Crippen LogP contribution is 2.15. The molecule has 0 aliphatic rings. The van der Waals surface area contributed by atoms with Crippen LogP contribution in [0.25, 0.3) is 0 Å². The van der Waals surface area contributed by atoms with Gasteiger partial charge in [-0.1, -0.05) is 54.1 Å². The summed E-state index contributed by atoms with van der Waals surface area (Å²) in [5, 5.41) is 8.81. The molecule has 0 saturated heterocycles. The molecule has 0 unspecified atom stereocenters. The van der Waals surface area contributed by atoms with Gasteiger partial charge in [-0.3, -0.25) is 9.59 Å². The van der Waals surface area contributed by atoms with E-state index in [-0.39, 0.29) is 12.3 Å². The van der Waals surface area contributed by atoms with Crippen molar-refractivity contribution in [1.82, 2.24) is 4.90 Å². The molecule has 0 aliphatic carbocycles. The normalized spacial score (nSPS) is 10.6. The van der Waals surface area contributed by atoms with Crippen LogP contribution in [0.15, 0.2) is 72.8 Å². The van der Waals surface area contributed by atoms with E-state index >= 15 is 0 Å². The van der Waals surface area contributed by atoms with Crippen LogP contribution in [-0.2, 0) is 28.9 Å². The van der Waals surface area contributed by atoms with Gasteiger partial charge in [0.1, 0.15) is 11.5 Å². The SMILES string of the molecule is Cc1cccc(CCN(C)C(=O)Cc2ccc(OCCCCOc3ccc(CC(=O)O)cc3)cc2)c1. The number of hydrogen-bond donors (Lipinski definition) is 1. The largest absolute Gasteiger partial charge is 0.494 e. The first-order valence-corrected chi connectivity index (χ1v) is 12.3. The summed E-state index contributed by atoms with van der Waals surface area (Å²) in [5.41, 5.74) is 4.20. The van der Waals surface area contributed by atoms with Gasteiger partial charge < -0.3 is 19.5 Å². The van der Waals surface area contributed by atoms with Crippen LogP contribution in [0, 0.1) is 6.92 Å². The summed E-state index contributed by atoms with van der Waals surface area (Å²) in [4.78, 5) is 25.1. The Labute approximate surface area is 213 Å². The summed E-state index contributed by atoms with van der Waals surface area (Å²) in [6.07, 6.45) is 2.93. The number of rotatable bonds is 14. The van der Waals surface area contributed by atoms with Crippen LogP contribution in [0.3, 0.4) is 0 Å². The Balaban J connectivity index is 1.30. The van der Waals surface area contributed by atoms with Crippen LogP contribution >= 0.6 is 0 Å². The Morgan fingerprint density at radius 3 is 1.86 bits per heavy atom. The molecule has 1 N–H and O–H groups in total. The lowest BCUT2D eigenvalue weighted by Gasteiger charge is -2.17. The number of carbonyl (C=O) groups excluding carboxylic acids is 1. The van der Waals surface area contributed by atoms with E-state index in [9.17, 15) is 9.59 Å². The maximum Gasteiger partial charge on any atom is 0.307 e. The van der Waals surface area contributed by atoms with Crippen molar-refractivity contribution in [2.24, 2.45) is 0 Å². The Kier molecular flexibility index (Phi) is 10.4. The number of amides is 1. The molecule has 0 aromatic heterocycles. The van der Waals surface area contributed by atoms with E-state index in [1.807, 2.05) is 31.3 Å². The molecule has 6 heteroatoms. The van der Waals surface area contributed by atoms with E-state index in [0.717, 1.165) is 41.9 Å². The molecule has 3 aromatic rings. The van der Waals surface area contributed by atoms with Crippen molar-refractivity contribution < 1.29 is 24.2 Å². The van der Waals surface area contributed by atoms with E-state index in [1.165, 1.54) is 11.1 Å². The van der Waals surface area contributed by atoms with Gasteiger partial charge in [0.2, 0.25) is 5.91 Å². The molecule has 0 heterocycles. The zero-order valence-electron chi connectivity index (χ0n) is 21.1. The van der Waals surface area contributed by atoms with E-state index in [0.29, 0.717) is 26.2 Å². The number of ether oxygens (including phenoxy) is 2. The van der Waals surface area contributed by atoms with Crippen molar-refractivity contribution >= 4 is 11.9 Å². The molecule has 1 amide bonds. The molecule has 0 radical (unpaired) electrons. The predicted octanol–water partition coefficient (Wildman–Crippen LogP) is 5.10. The average Bonchev–Trinajstić information content (AvgIpc) is 2.86. The van der Waals surface area contributed by atoms with Gasteiger partial charge in [-0.15, -0.1) is 0 Å². The van der Waals surface area contributed by atoms with Gasteiger partial charge in [-0.25, -0.2) is 0 Å². The lowest BCUT2D eigenvalue weighted by Crippen LogP contribution is -2.30. The number of benzene rings is 3. The first kappa shape index (κ1) is 26.8. The number of carbonyl (C=O) groups is 2. The van der Waals surface area contributed by atoms with Gasteiger partial charge in [0.25, 0.3) is 0 Å². The fourth-order valence-electron chi connectivity index (χ4n) is 3.76. The smallest absolute Gasteiger partial charge is 0.307 e. The van der Waals surface area contributed by atoms with Crippen LogP contribution in [-0.4, -0.2) is 48.7 Å². The van der Waals surface area contributed by atoms with Crippen molar-refractivity contribution in [3.8, 4) is 11.5 Å². The Bertz CT molecular complexity index is 1110. The van der Waals surface area contributed by atoms with Crippen molar-refractivity contribution in [3.05, 3.63) is 95.1 Å². The predicted molar refractivity (Wildman–Crippen MR) is 141 cm³/mol. The molecule has 0 aliphatic heterocycles. The summed E-state index contributed by atoms with van der Waals surface area (Å²) in [6, 6.07) is 23.2. The number of nitrogens with zero attached hydrogens (tertiary/aromatic N) is 1. The molecular formula is C30H35NO5. The monoisotopic (exact) mass is 489 g/mol. The maximum atomic E-state index is 12.6. The van der Waals surface area contributed by atoms with Gasteiger partial charge in [-0.05, 0) is 67.1 Å². The van der Waals surface area contributed by atoms with Crippen LogP contribution < -0.4 is 9.47 Å². The summed E-state index contributed by atoms with van der Waals surface area (Å²) in [6.45, 7) is 3.93. The van der Waals surface area contributed by atoms with Gasteiger partial charge >= 0.3 is 5.97 Å². The number of likely N-dealkylation sites (N-methyl/N-ethyl adjacent to an activating group) is 1. The van der Waals surface area contributed by atoms with Gasteiger partial charge in [0.05, 0.1) is 26.1 Å². The molecule has 0 fully saturated rings. The maximum absolute atomic E-state index is 12.6. The second-order valence-electron chi connectivity index (χ2n) is 8.99. The summed E-state index contributed by atoms with van der Waals surface area (Å²) in [5.74, 6) is 0.779. The van der Waals surface area contributed by atoms with Crippen molar-refractivity contribution in [2.45, 2.75) is 39.0 Å².